The van der Waals surface area contributed by atoms with Gasteiger partial charge in [0.05, 0.1) is 28.4 Å². The Balaban J connectivity index is 1.58. The third kappa shape index (κ3) is 4.15. The zero-order valence-corrected chi connectivity index (χ0v) is 20.9. The van der Waals surface area contributed by atoms with E-state index in [4.69, 9.17) is 21.1 Å². The van der Waals surface area contributed by atoms with Gasteiger partial charge in [-0.2, -0.15) is 0 Å². The Hall–Kier alpha value is -1.79. The van der Waals surface area contributed by atoms with Crippen LogP contribution in [0.15, 0.2) is 41.3 Å². The van der Waals surface area contributed by atoms with Crippen molar-refractivity contribution in [2.45, 2.75) is 46.7 Å². The van der Waals surface area contributed by atoms with E-state index in [9.17, 15) is 21.2 Å². The average molecular weight is 548 g/mol. The van der Waals surface area contributed by atoms with Crippen LogP contribution in [0.3, 0.4) is 0 Å². The van der Waals surface area contributed by atoms with E-state index in [1.807, 2.05) is 0 Å². The second-order valence-electron chi connectivity index (χ2n) is 9.08. The summed E-state index contributed by atoms with van der Waals surface area (Å²) < 4.78 is 95.1. The Kier molecular flexibility index (Phi) is 6.36. The summed E-state index contributed by atoms with van der Waals surface area (Å²) in [7, 11) is -7.75. The molecule has 3 atom stereocenters. The molecule has 2 aromatic rings. The molecule has 0 aromatic heterocycles. The van der Waals surface area contributed by atoms with Crippen LogP contribution in [-0.2, 0) is 29.3 Å². The number of fused-ring (bicyclic) bond motifs is 3. The van der Waals surface area contributed by atoms with E-state index < -0.39 is 59.3 Å². The number of ether oxygens (including phenoxy) is 2. The molecule has 7 nitrogen and oxygen atoms in total. The van der Waals surface area contributed by atoms with Crippen molar-refractivity contribution < 1.29 is 35.1 Å². The number of halogens is 3. The van der Waals surface area contributed by atoms with Crippen molar-refractivity contribution in [3.63, 3.8) is 0 Å². The van der Waals surface area contributed by atoms with Crippen LogP contribution in [0.4, 0.5) is 8.78 Å². The van der Waals surface area contributed by atoms with E-state index in [-0.39, 0.29) is 43.1 Å². The van der Waals surface area contributed by atoms with Crippen molar-refractivity contribution in [1.29, 1.82) is 0 Å². The molecule has 2 aromatic carbocycles. The first-order valence-corrected chi connectivity index (χ1v) is 14.7. The lowest BCUT2D eigenvalue weighted by atomic mass is 9.75. The number of hydrogen-bond acceptors (Lipinski definition) is 6. The summed E-state index contributed by atoms with van der Waals surface area (Å²) in [6.07, 6.45) is 0.461. The monoisotopic (exact) mass is 547 g/mol. The van der Waals surface area contributed by atoms with E-state index >= 15 is 4.39 Å². The van der Waals surface area contributed by atoms with Crippen molar-refractivity contribution in [2.24, 2.45) is 5.92 Å². The molecule has 2 aliphatic heterocycles. The van der Waals surface area contributed by atoms with Crippen LogP contribution in [0, 0.1) is 17.6 Å². The van der Waals surface area contributed by atoms with Gasteiger partial charge in [-0.15, -0.1) is 0 Å². The molecule has 1 unspecified atom stereocenters. The van der Waals surface area contributed by atoms with Gasteiger partial charge in [-0.1, -0.05) is 11.6 Å². The van der Waals surface area contributed by atoms with Gasteiger partial charge >= 0.3 is 0 Å². The van der Waals surface area contributed by atoms with Gasteiger partial charge in [-0.3, -0.25) is 0 Å². The number of sulfonamides is 1. The van der Waals surface area contributed by atoms with E-state index in [0.29, 0.717) is 17.9 Å². The summed E-state index contributed by atoms with van der Waals surface area (Å²) in [5, 5.41) is -0.0727. The minimum Gasteiger partial charge on any atom is -0.490 e. The largest absolute Gasteiger partial charge is 0.490 e. The molecule has 12 heteroatoms. The lowest BCUT2D eigenvalue weighted by Gasteiger charge is -2.50. The molecule has 2 heterocycles. The molecule has 1 N–H and O–H groups in total. The highest BCUT2D eigenvalue weighted by Gasteiger charge is 2.61. The minimum absolute atomic E-state index is 0.0234. The van der Waals surface area contributed by atoms with Crippen LogP contribution < -0.4 is 9.46 Å². The van der Waals surface area contributed by atoms with E-state index in [2.05, 4.69) is 4.72 Å². The predicted molar refractivity (Wildman–Crippen MR) is 125 cm³/mol. The molecular formula is C23H24ClF2NO6S2. The zero-order chi connectivity index (χ0) is 25.0. The number of nitrogens with one attached hydrogen (secondary N) is 1. The van der Waals surface area contributed by atoms with E-state index in [1.165, 1.54) is 24.3 Å². The molecule has 0 radical (unpaired) electrons. The quantitative estimate of drug-likeness (QED) is 0.569. The second-order valence-corrected chi connectivity index (χ2v) is 13.8. The topological polar surface area (TPSA) is 98.8 Å². The second kappa shape index (κ2) is 8.95. The Morgan fingerprint density at radius 3 is 2.40 bits per heavy atom. The van der Waals surface area contributed by atoms with Crippen molar-refractivity contribution >= 4 is 31.5 Å². The number of sulfone groups is 1. The van der Waals surface area contributed by atoms with Gasteiger partial charge in [0.15, 0.2) is 21.4 Å². The fourth-order valence-corrected chi connectivity index (χ4v) is 9.04. The van der Waals surface area contributed by atoms with Crippen molar-refractivity contribution in [3.8, 4) is 5.75 Å². The van der Waals surface area contributed by atoms with Crippen molar-refractivity contribution in [3.05, 3.63) is 58.6 Å². The third-order valence-electron chi connectivity index (χ3n) is 7.04. The standard InChI is InChI=1S/C23H24ClF2NO6S2/c24-14-1-3-15(4-2-14)34(28,29)23-10-12-32-20(9-11-27-35(30,31)16-5-6-16)17(23)13-33-22-19(26)8-7-18(25)21(22)23/h1-4,7-8,16-17,20,27H,5-6,9-13H2/t17?,20-,23-/m0/s1. The summed E-state index contributed by atoms with van der Waals surface area (Å²) in [4.78, 5) is -0.0847. The Bertz CT molecular complexity index is 1350. The predicted octanol–water partition coefficient (Wildman–Crippen LogP) is 3.56. The highest BCUT2D eigenvalue weighted by Crippen LogP contribution is 2.55. The lowest BCUT2D eigenvalue weighted by molar-refractivity contribution is -0.0749. The maximum atomic E-state index is 15.3. The maximum Gasteiger partial charge on any atom is 0.214 e. The van der Waals surface area contributed by atoms with Crippen LogP contribution in [0.1, 0.15) is 31.2 Å². The number of hydrogen-bond donors (Lipinski definition) is 1. The summed E-state index contributed by atoms with van der Waals surface area (Å²) in [5.41, 5.74) is -0.351. The average Bonchev–Trinajstić information content (AvgIpc) is 3.67. The van der Waals surface area contributed by atoms with Gasteiger partial charge in [0.2, 0.25) is 10.0 Å². The SMILES string of the molecule is O=S(=O)(NCC[C@@H]1OCC[C@@]2(S(=O)(=O)c3ccc(Cl)cc3)c3c(F)ccc(F)c3OCC12)C1CC1. The summed E-state index contributed by atoms with van der Waals surface area (Å²) in [6, 6.07) is 7.32. The molecule has 0 spiro atoms. The van der Waals surface area contributed by atoms with Crippen molar-refractivity contribution in [1.82, 2.24) is 4.72 Å². The lowest BCUT2D eigenvalue weighted by Crippen LogP contribution is -2.58. The normalized spacial score (nSPS) is 26.5. The fraction of sp³-hybridized carbons (Fsp3) is 0.478. The first kappa shape index (κ1) is 24.9. The molecule has 1 saturated heterocycles. The van der Waals surface area contributed by atoms with Crippen LogP contribution in [-0.4, -0.2) is 47.9 Å². The summed E-state index contributed by atoms with van der Waals surface area (Å²) in [5.74, 6) is -3.08. The maximum absolute atomic E-state index is 15.3. The molecule has 190 valence electrons. The summed E-state index contributed by atoms with van der Waals surface area (Å²) >= 11 is 5.95. The highest BCUT2D eigenvalue weighted by molar-refractivity contribution is 7.92. The molecule has 2 fully saturated rings. The van der Waals surface area contributed by atoms with Gasteiger partial charge in [0, 0.05) is 24.1 Å². The molecular weight excluding hydrogens is 524 g/mol. The third-order valence-corrected chi connectivity index (χ3v) is 11.8. The van der Waals surface area contributed by atoms with Crippen LogP contribution in [0.5, 0.6) is 5.75 Å². The van der Waals surface area contributed by atoms with Gasteiger partial charge in [0.1, 0.15) is 10.6 Å². The van der Waals surface area contributed by atoms with E-state index in [0.717, 1.165) is 12.1 Å². The Labute approximate surface area is 207 Å². The Morgan fingerprint density at radius 2 is 1.71 bits per heavy atom. The first-order chi connectivity index (χ1) is 16.6. The smallest absolute Gasteiger partial charge is 0.214 e. The molecule has 0 amide bonds. The molecule has 35 heavy (non-hydrogen) atoms. The highest BCUT2D eigenvalue weighted by atomic mass is 35.5. The van der Waals surface area contributed by atoms with Gasteiger partial charge in [-0.05, 0) is 62.1 Å². The number of rotatable bonds is 7. The van der Waals surface area contributed by atoms with E-state index in [1.54, 1.807) is 0 Å². The molecule has 1 aliphatic carbocycles. The van der Waals surface area contributed by atoms with Gasteiger partial charge in [0.25, 0.3) is 0 Å². The van der Waals surface area contributed by atoms with Crippen LogP contribution in [0.25, 0.3) is 0 Å². The molecule has 0 bridgehead atoms. The number of benzene rings is 2. The van der Waals surface area contributed by atoms with Crippen LogP contribution in [0.2, 0.25) is 5.02 Å². The molecule has 3 aliphatic rings. The Morgan fingerprint density at radius 1 is 1.03 bits per heavy atom. The first-order valence-electron chi connectivity index (χ1n) is 11.3. The molecule has 1 saturated carbocycles. The van der Waals surface area contributed by atoms with Gasteiger partial charge < -0.3 is 9.47 Å². The van der Waals surface area contributed by atoms with Crippen molar-refractivity contribution in [2.75, 3.05) is 19.8 Å². The van der Waals surface area contributed by atoms with Gasteiger partial charge in [-0.25, -0.2) is 30.3 Å². The molecule has 5 rings (SSSR count). The minimum atomic E-state index is -4.31. The zero-order valence-electron chi connectivity index (χ0n) is 18.5. The summed E-state index contributed by atoms with van der Waals surface area (Å²) in [6.45, 7) is -0.255. The van der Waals surface area contributed by atoms with Crippen LogP contribution >= 0.6 is 11.6 Å². The fourth-order valence-electron chi connectivity index (χ4n) is 5.17.